The number of pyridine rings is 1. The fourth-order valence-electron chi connectivity index (χ4n) is 1.37. The topological polar surface area (TPSA) is 48.9 Å². The van der Waals surface area contributed by atoms with E-state index in [-0.39, 0.29) is 0 Å². The molecule has 0 saturated carbocycles. The van der Waals surface area contributed by atoms with E-state index in [1.54, 1.807) is 25.4 Å². The van der Waals surface area contributed by atoms with Crippen LogP contribution in [0.4, 0.5) is 0 Å². The van der Waals surface area contributed by atoms with Gasteiger partial charge in [-0.1, -0.05) is 11.6 Å². The number of nitrogens with zero attached hydrogens (tertiary/aromatic N) is 1. The van der Waals surface area contributed by atoms with E-state index in [0.29, 0.717) is 10.7 Å². The van der Waals surface area contributed by atoms with E-state index in [1.165, 1.54) is 0 Å². The first-order valence-electron chi connectivity index (χ1n) is 3.99. The predicted molar refractivity (Wildman–Crippen MR) is 51.7 cm³/mol. The Hall–Kier alpha value is -1.06. The highest BCUT2D eigenvalue weighted by Gasteiger charge is 2.11. The zero-order chi connectivity index (χ0) is 9.42. The van der Waals surface area contributed by atoms with Crippen LogP contribution < -0.4 is 0 Å². The Morgan fingerprint density at radius 3 is 3.08 bits per heavy atom. The maximum absolute atomic E-state index is 9.43. The van der Waals surface area contributed by atoms with Crippen molar-refractivity contribution in [2.24, 2.45) is 0 Å². The lowest BCUT2D eigenvalue weighted by Crippen LogP contribution is -1.88. The molecule has 0 bridgehead atoms. The highest BCUT2D eigenvalue weighted by Crippen LogP contribution is 2.28. The number of halogens is 1. The molecule has 0 aliphatic carbocycles. The van der Waals surface area contributed by atoms with Crippen LogP contribution in [0.5, 0.6) is 0 Å². The van der Waals surface area contributed by atoms with Crippen LogP contribution in [0.3, 0.4) is 0 Å². The van der Waals surface area contributed by atoms with E-state index < -0.39 is 6.10 Å². The van der Waals surface area contributed by atoms with Crippen molar-refractivity contribution in [2.75, 3.05) is 0 Å². The Labute approximate surface area is 80.4 Å². The van der Waals surface area contributed by atoms with Crippen molar-refractivity contribution in [1.29, 1.82) is 0 Å². The van der Waals surface area contributed by atoms with Crippen molar-refractivity contribution in [3.05, 3.63) is 29.0 Å². The normalized spacial score (nSPS) is 13.5. The lowest BCUT2D eigenvalue weighted by Gasteiger charge is -2.01. The second-order valence-corrected chi connectivity index (χ2v) is 3.34. The summed E-state index contributed by atoms with van der Waals surface area (Å²) in [5, 5.41) is 10.8. The van der Waals surface area contributed by atoms with Gasteiger partial charge in [0.1, 0.15) is 5.65 Å². The number of aromatic nitrogens is 2. The van der Waals surface area contributed by atoms with Gasteiger partial charge < -0.3 is 10.1 Å². The number of aromatic amines is 1. The Morgan fingerprint density at radius 1 is 1.62 bits per heavy atom. The summed E-state index contributed by atoms with van der Waals surface area (Å²) in [5.74, 6) is 0. The summed E-state index contributed by atoms with van der Waals surface area (Å²) in [4.78, 5) is 7.05. The summed E-state index contributed by atoms with van der Waals surface area (Å²) < 4.78 is 0. The van der Waals surface area contributed by atoms with Crippen LogP contribution in [0, 0.1) is 0 Å². The third-order valence-corrected chi connectivity index (χ3v) is 2.32. The van der Waals surface area contributed by atoms with Gasteiger partial charge in [-0.2, -0.15) is 0 Å². The molecule has 0 amide bonds. The average Bonchev–Trinajstić information content (AvgIpc) is 2.49. The predicted octanol–water partition coefficient (Wildman–Crippen LogP) is 2.27. The zero-order valence-electron chi connectivity index (χ0n) is 7.08. The Kier molecular flexibility index (Phi) is 1.98. The molecule has 0 aliphatic rings. The summed E-state index contributed by atoms with van der Waals surface area (Å²) in [7, 11) is 0. The van der Waals surface area contributed by atoms with Gasteiger partial charge in [-0.15, -0.1) is 0 Å². The summed E-state index contributed by atoms with van der Waals surface area (Å²) in [6.07, 6.45) is 2.83. The molecule has 2 rings (SSSR count). The Balaban J connectivity index is 2.79. The molecule has 2 heterocycles. The third kappa shape index (κ3) is 1.30. The third-order valence-electron chi connectivity index (χ3n) is 2.00. The molecule has 0 saturated heterocycles. The average molecular weight is 197 g/mol. The highest BCUT2D eigenvalue weighted by atomic mass is 35.5. The first kappa shape index (κ1) is 8.53. The number of aliphatic hydroxyl groups excluding tert-OH is 1. The number of fused-ring (bicyclic) bond motifs is 1. The molecule has 13 heavy (non-hydrogen) atoms. The van der Waals surface area contributed by atoms with Crippen LogP contribution in [-0.4, -0.2) is 15.1 Å². The quantitative estimate of drug-likeness (QED) is 0.735. The Morgan fingerprint density at radius 2 is 2.38 bits per heavy atom. The van der Waals surface area contributed by atoms with Gasteiger partial charge in [0.15, 0.2) is 0 Å². The molecule has 0 spiro atoms. The molecular weight excluding hydrogens is 188 g/mol. The molecular formula is C9H9ClN2O. The Bertz CT molecular complexity index is 436. The molecule has 3 nitrogen and oxygen atoms in total. The molecule has 4 heteroatoms. The van der Waals surface area contributed by atoms with Crippen LogP contribution in [0.2, 0.25) is 5.02 Å². The summed E-state index contributed by atoms with van der Waals surface area (Å²) in [5.41, 5.74) is 1.50. The number of aliphatic hydroxyl groups is 1. The van der Waals surface area contributed by atoms with Crippen LogP contribution in [-0.2, 0) is 0 Å². The van der Waals surface area contributed by atoms with E-state index in [1.807, 2.05) is 0 Å². The second-order valence-electron chi connectivity index (χ2n) is 2.94. The van der Waals surface area contributed by atoms with Crippen molar-refractivity contribution in [3.8, 4) is 0 Å². The molecule has 0 aromatic carbocycles. The van der Waals surface area contributed by atoms with E-state index in [0.717, 1.165) is 10.9 Å². The number of hydrogen-bond acceptors (Lipinski definition) is 2. The minimum atomic E-state index is -0.532. The summed E-state index contributed by atoms with van der Waals surface area (Å²) >= 11 is 5.98. The number of rotatable bonds is 1. The molecule has 0 fully saturated rings. The molecule has 0 radical (unpaired) electrons. The van der Waals surface area contributed by atoms with Gasteiger partial charge in [0.25, 0.3) is 0 Å². The van der Waals surface area contributed by atoms with Gasteiger partial charge in [0, 0.05) is 23.3 Å². The monoisotopic (exact) mass is 196 g/mol. The van der Waals surface area contributed by atoms with Crippen LogP contribution in [0.25, 0.3) is 11.0 Å². The van der Waals surface area contributed by atoms with Gasteiger partial charge in [-0.25, -0.2) is 4.98 Å². The van der Waals surface area contributed by atoms with E-state index in [9.17, 15) is 5.11 Å². The van der Waals surface area contributed by atoms with Crippen molar-refractivity contribution in [1.82, 2.24) is 9.97 Å². The van der Waals surface area contributed by atoms with Crippen molar-refractivity contribution < 1.29 is 5.11 Å². The highest BCUT2D eigenvalue weighted by molar-refractivity contribution is 6.35. The molecule has 0 unspecified atom stereocenters. The van der Waals surface area contributed by atoms with Crippen LogP contribution >= 0.6 is 11.6 Å². The van der Waals surface area contributed by atoms with Gasteiger partial charge in [-0.3, -0.25) is 0 Å². The van der Waals surface area contributed by atoms with Crippen molar-refractivity contribution in [2.45, 2.75) is 13.0 Å². The molecule has 1 atom stereocenters. The lowest BCUT2D eigenvalue weighted by molar-refractivity contribution is 0.201. The molecule has 2 N–H and O–H groups in total. The van der Waals surface area contributed by atoms with Crippen LogP contribution in [0.1, 0.15) is 18.6 Å². The summed E-state index contributed by atoms with van der Waals surface area (Å²) in [6.45, 7) is 1.70. The standard InChI is InChI=1S/C9H9ClN2O/c1-5(13)6-4-12-9-8(6)7(10)2-3-11-9/h2-5,13H,1H3,(H,11,12)/t5-/m0/s1. The van der Waals surface area contributed by atoms with Gasteiger partial charge in [-0.05, 0) is 13.0 Å². The smallest absolute Gasteiger partial charge is 0.139 e. The van der Waals surface area contributed by atoms with Crippen molar-refractivity contribution >= 4 is 22.6 Å². The number of hydrogen-bond donors (Lipinski definition) is 2. The van der Waals surface area contributed by atoms with Gasteiger partial charge in [0.05, 0.1) is 11.1 Å². The molecule has 2 aromatic rings. The van der Waals surface area contributed by atoms with Crippen molar-refractivity contribution in [3.63, 3.8) is 0 Å². The first-order chi connectivity index (χ1) is 6.20. The van der Waals surface area contributed by atoms with Gasteiger partial charge in [0.2, 0.25) is 0 Å². The lowest BCUT2D eigenvalue weighted by atomic mass is 10.1. The largest absolute Gasteiger partial charge is 0.389 e. The van der Waals surface area contributed by atoms with Gasteiger partial charge >= 0.3 is 0 Å². The second kappa shape index (κ2) is 3.01. The maximum Gasteiger partial charge on any atom is 0.139 e. The number of H-pyrrole nitrogens is 1. The molecule has 2 aromatic heterocycles. The van der Waals surface area contributed by atoms with Crippen LogP contribution in [0.15, 0.2) is 18.5 Å². The summed E-state index contributed by atoms with van der Waals surface area (Å²) in [6, 6.07) is 1.71. The molecule has 0 aliphatic heterocycles. The first-order valence-corrected chi connectivity index (χ1v) is 4.37. The number of nitrogens with one attached hydrogen (secondary N) is 1. The molecule has 68 valence electrons. The SMILES string of the molecule is C[C@H](O)c1c[nH]c2nccc(Cl)c12. The van der Waals surface area contributed by atoms with E-state index in [4.69, 9.17) is 11.6 Å². The fourth-order valence-corrected chi connectivity index (χ4v) is 1.63. The minimum Gasteiger partial charge on any atom is -0.389 e. The van der Waals surface area contributed by atoms with E-state index >= 15 is 0 Å². The fraction of sp³-hybridized carbons (Fsp3) is 0.222. The zero-order valence-corrected chi connectivity index (χ0v) is 7.84. The minimum absolute atomic E-state index is 0.532. The maximum atomic E-state index is 9.43. The van der Waals surface area contributed by atoms with E-state index in [2.05, 4.69) is 9.97 Å².